The lowest BCUT2D eigenvalue weighted by molar-refractivity contribution is -0.737. The fraction of sp³-hybridized carbons (Fsp3) is 0.308. The Morgan fingerprint density at radius 1 is 0.841 bits per heavy atom. The van der Waals surface area contributed by atoms with E-state index >= 15 is 0 Å². The van der Waals surface area contributed by atoms with Gasteiger partial charge in [0.05, 0.1) is 19.1 Å². The normalized spacial score (nSPS) is 15.0. The van der Waals surface area contributed by atoms with Crippen molar-refractivity contribution in [3.63, 3.8) is 0 Å². The Hall–Kier alpha value is -4.25. The van der Waals surface area contributed by atoms with E-state index in [-0.39, 0.29) is 5.31 Å². The minimum Gasteiger partial charge on any atom is -0.437 e. The predicted molar refractivity (Wildman–Crippen MR) is 180 cm³/mol. The maximum absolute atomic E-state index is 7.11. The third kappa shape index (κ3) is 4.65. The van der Waals surface area contributed by atoms with Crippen LogP contribution in [0.4, 0.5) is 0 Å². The summed E-state index contributed by atoms with van der Waals surface area (Å²) in [5.74, 6) is 0. The summed E-state index contributed by atoms with van der Waals surface area (Å²) in [5, 5.41) is 1.78. The van der Waals surface area contributed by atoms with Gasteiger partial charge >= 0.3 is 0 Å². The molecule has 0 spiro atoms. The van der Waals surface area contributed by atoms with E-state index in [1.807, 2.05) is 13.1 Å². The van der Waals surface area contributed by atoms with Gasteiger partial charge in [0.1, 0.15) is 0 Å². The van der Waals surface area contributed by atoms with Crippen molar-refractivity contribution in [3.8, 4) is 22.5 Å². The summed E-state index contributed by atoms with van der Waals surface area (Å²) in [6.45, 7) is 13.0. The highest BCUT2D eigenvalue weighted by Crippen LogP contribution is 2.42. The highest BCUT2D eigenvalue weighted by Gasteiger charge is 2.40. The Bertz CT molecular complexity index is 2050. The molecule has 0 aliphatic heterocycles. The summed E-state index contributed by atoms with van der Waals surface area (Å²) in [4.78, 5) is 9.59. The number of pyridine rings is 3. The van der Waals surface area contributed by atoms with Gasteiger partial charge in [0.2, 0.25) is 11.4 Å². The molecular formula is C39H39BN3O+. The lowest BCUT2D eigenvalue weighted by Gasteiger charge is -2.29. The average Bonchev–Trinajstić information content (AvgIpc) is 3.61. The number of benzene rings is 2. The SMILES string of the molecule is [B]C1(c2cc[n+](C(C)(C)c3cc(C)ccc3-c3ccc(C)cn3)c(-c3c(C)ccc4c3oc3nc(C)ccc34)c2)CCCC1. The molecule has 1 aliphatic rings. The Kier molecular flexibility index (Phi) is 6.76. The minimum atomic E-state index is -0.450. The molecule has 5 heteroatoms. The summed E-state index contributed by atoms with van der Waals surface area (Å²) >= 11 is 0. The largest absolute Gasteiger partial charge is 0.437 e. The zero-order chi connectivity index (χ0) is 30.8. The molecule has 4 aromatic heterocycles. The van der Waals surface area contributed by atoms with Gasteiger partial charge in [0.25, 0.3) is 0 Å². The molecule has 0 atom stereocenters. The highest BCUT2D eigenvalue weighted by molar-refractivity contribution is 6.16. The summed E-state index contributed by atoms with van der Waals surface area (Å²) in [5.41, 5.74) is 12.2. The lowest BCUT2D eigenvalue weighted by Crippen LogP contribution is -2.55. The van der Waals surface area contributed by atoms with Gasteiger partial charge in [-0.05, 0) is 74.0 Å². The van der Waals surface area contributed by atoms with E-state index in [0.29, 0.717) is 5.71 Å². The number of nitrogens with zero attached hydrogens (tertiary/aromatic N) is 3. The standard InChI is InChI=1S/C39H39BN3O/c1-24-9-13-31(33-16-10-25(2)23-41-33)32(21-24)38(5,6)43-20-17-28(39(40)18-7-8-19-39)22-34(43)35-26(3)11-14-29-30-15-12-27(4)42-37(30)44-36(29)35/h9-17,20-23H,7-8,18-19H2,1-6H3/q+1. The van der Waals surface area contributed by atoms with Crippen molar-refractivity contribution in [3.05, 3.63) is 113 Å². The second-order valence-corrected chi connectivity index (χ2v) is 13.4. The fourth-order valence-corrected chi connectivity index (χ4v) is 7.16. The summed E-state index contributed by atoms with van der Waals surface area (Å²) in [7, 11) is 7.11. The van der Waals surface area contributed by atoms with Crippen molar-refractivity contribution in [2.45, 2.75) is 78.1 Å². The van der Waals surface area contributed by atoms with E-state index in [0.717, 1.165) is 81.4 Å². The second-order valence-electron chi connectivity index (χ2n) is 13.4. The third-order valence-electron chi connectivity index (χ3n) is 9.76. The molecule has 4 nitrogen and oxygen atoms in total. The lowest BCUT2D eigenvalue weighted by atomic mass is 9.63. The van der Waals surface area contributed by atoms with Crippen LogP contribution in [0.5, 0.6) is 0 Å². The predicted octanol–water partition coefficient (Wildman–Crippen LogP) is 8.95. The maximum Gasteiger partial charge on any atom is 0.227 e. The van der Waals surface area contributed by atoms with Crippen LogP contribution in [0.3, 0.4) is 0 Å². The first-order valence-corrected chi connectivity index (χ1v) is 15.7. The first-order valence-electron chi connectivity index (χ1n) is 15.7. The van der Waals surface area contributed by atoms with E-state index < -0.39 is 5.54 Å². The second kappa shape index (κ2) is 10.4. The number of hydrogen-bond donors (Lipinski definition) is 0. The van der Waals surface area contributed by atoms with E-state index in [4.69, 9.17) is 22.2 Å². The van der Waals surface area contributed by atoms with Gasteiger partial charge in [-0.3, -0.25) is 4.98 Å². The van der Waals surface area contributed by atoms with Crippen LogP contribution in [0.2, 0.25) is 0 Å². The van der Waals surface area contributed by atoms with Crippen LogP contribution in [-0.4, -0.2) is 17.8 Å². The number of rotatable bonds is 5. The first-order chi connectivity index (χ1) is 21.0. The topological polar surface area (TPSA) is 42.8 Å². The van der Waals surface area contributed by atoms with Crippen molar-refractivity contribution in [2.24, 2.45) is 0 Å². The van der Waals surface area contributed by atoms with Gasteiger partial charge in [-0.25, -0.2) is 4.98 Å². The molecule has 0 bridgehead atoms. The zero-order valence-corrected chi connectivity index (χ0v) is 26.7. The molecule has 2 radical (unpaired) electrons. The van der Waals surface area contributed by atoms with Gasteiger partial charge in [-0.2, -0.15) is 4.57 Å². The van der Waals surface area contributed by atoms with E-state index in [1.54, 1.807) is 0 Å². The van der Waals surface area contributed by atoms with Gasteiger partial charge < -0.3 is 4.42 Å². The molecule has 44 heavy (non-hydrogen) atoms. The molecule has 4 heterocycles. The molecule has 0 unspecified atom stereocenters. The van der Waals surface area contributed by atoms with Crippen molar-refractivity contribution >= 4 is 29.9 Å². The molecule has 1 fully saturated rings. The molecule has 7 rings (SSSR count). The van der Waals surface area contributed by atoms with Crippen molar-refractivity contribution < 1.29 is 8.98 Å². The average molecular weight is 577 g/mol. The van der Waals surface area contributed by atoms with E-state index in [1.165, 1.54) is 16.7 Å². The number of fused-ring (bicyclic) bond motifs is 3. The summed E-state index contributed by atoms with van der Waals surface area (Å²) in [6, 6.07) is 24.1. The number of furan rings is 1. The highest BCUT2D eigenvalue weighted by atomic mass is 16.3. The molecule has 218 valence electrons. The van der Waals surface area contributed by atoms with E-state index in [9.17, 15) is 0 Å². The van der Waals surface area contributed by atoms with Crippen LogP contribution in [0.25, 0.3) is 44.6 Å². The van der Waals surface area contributed by atoms with Crippen molar-refractivity contribution in [1.82, 2.24) is 9.97 Å². The Labute approximate surface area is 261 Å². The molecule has 0 saturated heterocycles. The molecule has 2 aromatic carbocycles. The molecule has 0 amide bonds. The number of aryl methyl sites for hydroxylation is 4. The summed E-state index contributed by atoms with van der Waals surface area (Å²) < 4.78 is 9.03. The number of hydrogen-bond acceptors (Lipinski definition) is 3. The Morgan fingerprint density at radius 3 is 2.34 bits per heavy atom. The van der Waals surface area contributed by atoms with Crippen LogP contribution in [-0.2, 0) is 10.9 Å². The first kappa shape index (κ1) is 28.5. The smallest absolute Gasteiger partial charge is 0.227 e. The fourth-order valence-electron chi connectivity index (χ4n) is 7.16. The van der Waals surface area contributed by atoms with Crippen LogP contribution in [0.1, 0.15) is 73.0 Å². The van der Waals surface area contributed by atoms with Crippen LogP contribution >= 0.6 is 0 Å². The van der Waals surface area contributed by atoms with Gasteiger partial charge in [0, 0.05) is 59.8 Å². The zero-order valence-electron chi connectivity index (χ0n) is 26.7. The van der Waals surface area contributed by atoms with E-state index in [2.05, 4.69) is 112 Å². The Balaban J connectivity index is 1.52. The maximum atomic E-state index is 7.11. The minimum absolute atomic E-state index is 0.327. The van der Waals surface area contributed by atoms with Crippen molar-refractivity contribution in [1.29, 1.82) is 0 Å². The monoisotopic (exact) mass is 576 g/mol. The van der Waals surface area contributed by atoms with Crippen LogP contribution in [0.15, 0.2) is 83.5 Å². The third-order valence-corrected chi connectivity index (χ3v) is 9.76. The summed E-state index contributed by atoms with van der Waals surface area (Å²) in [6.07, 6.45) is 8.51. The van der Waals surface area contributed by atoms with Crippen LogP contribution in [0, 0.1) is 27.7 Å². The van der Waals surface area contributed by atoms with Crippen molar-refractivity contribution in [2.75, 3.05) is 0 Å². The molecule has 1 aliphatic carbocycles. The van der Waals surface area contributed by atoms with Crippen LogP contribution < -0.4 is 4.57 Å². The molecule has 1 saturated carbocycles. The molecular weight excluding hydrogens is 537 g/mol. The molecule has 6 aromatic rings. The molecule has 0 N–H and O–H groups in total. The van der Waals surface area contributed by atoms with Gasteiger partial charge in [-0.15, -0.1) is 0 Å². The number of aromatic nitrogens is 3. The van der Waals surface area contributed by atoms with Gasteiger partial charge in [0.15, 0.2) is 17.3 Å². The quantitative estimate of drug-likeness (QED) is 0.152. The Morgan fingerprint density at radius 2 is 1.59 bits per heavy atom. The van der Waals surface area contributed by atoms with Gasteiger partial charge in [-0.1, -0.05) is 61.6 Å².